The number of esters is 1. The van der Waals surface area contributed by atoms with Crippen molar-refractivity contribution in [2.75, 3.05) is 19.1 Å². The Kier molecular flexibility index (Phi) is 8.36. The van der Waals surface area contributed by atoms with Crippen molar-refractivity contribution in [2.45, 2.75) is 20.0 Å². The largest absolute Gasteiger partial charge is 0.496 e. The van der Waals surface area contributed by atoms with Crippen molar-refractivity contribution in [3.63, 3.8) is 0 Å². The quantitative estimate of drug-likeness (QED) is 0.251. The molecule has 33 heavy (non-hydrogen) atoms. The molecule has 1 aromatic heterocycles. The molecule has 3 rings (SSSR count). The zero-order valence-electron chi connectivity index (χ0n) is 18.2. The summed E-state index contributed by atoms with van der Waals surface area (Å²) < 4.78 is 16.2. The SMILES string of the molecule is CCOC(=O)Cc1csc(NN=Cc2ccc(OC)c(COc3ccccc3C(N)=O)c2)n1. The number of methoxy groups -OCH3 is 1. The molecule has 10 heteroatoms. The highest BCUT2D eigenvalue weighted by Gasteiger charge is 2.11. The Bertz CT molecular complexity index is 1150. The number of primary amides is 1. The first-order valence-electron chi connectivity index (χ1n) is 10.1. The van der Waals surface area contributed by atoms with Crippen LogP contribution in [-0.4, -0.2) is 36.8 Å². The summed E-state index contributed by atoms with van der Waals surface area (Å²) >= 11 is 1.34. The topological polar surface area (TPSA) is 125 Å². The van der Waals surface area contributed by atoms with Crippen LogP contribution >= 0.6 is 11.3 Å². The first-order valence-corrected chi connectivity index (χ1v) is 11.0. The average Bonchev–Trinajstić information content (AvgIpc) is 3.25. The van der Waals surface area contributed by atoms with Crippen LogP contribution in [0.15, 0.2) is 52.9 Å². The zero-order valence-corrected chi connectivity index (χ0v) is 19.1. The number of aromatic nitrogens is 1. The van der Waals surface area contributed by atoms with Crippen LogP contribution in [-0.2, 0) is 22.6 Å². The minimum Gasteiger partial charge on any atom is -0.496 e. The second kappa shape index (κ2) is 11.6. The van der Waals surface area contributed by atoms with Gasteiger partial charge in [-0.2, -0.15) is 5.10 Å². The van der Waals surface area contributed by atoms with E-state index in [0.29, 0.717) is 34.5 Å². The van der Waals surface area contributed by atoms with E-state index in [1.54, 1.807) is 56.0 Å². The number of hydrogen-bond acceptors (Lipinski definition) is 9. The van der Waals surface area contributed by atoms with Crippen molar-refractivity contribution in [1.82, 2.24) is 4.98 Å². The fourth-order valence-corrected chi connectivity index (χ4v) is 3.56. The molecule has 0 spiro atoms. The molecule has 0 aliphatic carbocycles. The van der Waals surface area contributed by atoms with Gasteiger partial charge in [0.15, 0.2) is 0 Å². The van der Waals surface area contributed by atoms with Gasteiger partial charge < -0.3 is 19.9 Å². The van der Waals surface area contributed by atoms with Crippen molar-refractivity contribution in [2.24, 2.45) is 10.8 Å². The Morgan fingerprint density at radius 3 is 2.79 bits per heavy atom. The molecule has 172 valence electrons. The molecule has 0 saturated heterocycles. The molecule has 0 bridgehead atoms. The molecule has 9 nitrogen and oxygen atoms in total. The highest BCUT2D eigenvalue weighted by molar-refractivity contribution is 7.13. The third kappa shape index (κ3) is 6.78. The van der Waals surface area contributed by atoms with E-state index in [-0.39, 0.29) is 19.0 Å². The molecule has 2 aromatic carbocycles. The van der Waals surface area contributed by atoms with Crippen LogP contribution in [0.2, 0.25) is 0 Å². The van der Waals surface area contributed by atoms with E-state index in [1.165, 1.54) is 11.3 Å². The van der Waals surface area contributed by atoms with Crippen LogP contribution in [0.5, 0.6) is 11.5 Å². The summed E-state index contributed by atoms with van der Waals surface area (Å²) in [5, 5.41) is 6.55. The van der Waals surface area contributed by atoms with Gasteiger partial charge in [0.25, 0.3) is 5.91 Å². The van der Waals surface area contributed by atoms with Gasteiger partial charge in [0.1, 0.15) is 18.1 Å². The molecule has 0 atom stereocenters. The number of ether oxygens (including phenoxy) is 3. The summed E-state index contributed by atoms with van der Waals surface area (Å²) in [5.74, 6) is 0.164. The van der Waals surface area contributed by atoms with Crippen LogP contribution in [0, 0.1) is 0 Å². The Morgan fingerprint density at radius 1 is 1.21 bits per heavy atom. The van der Waals surface area contributed by atoms with E-state index in [0.717, 1.165) is 11.1 Å². The number of para-hydroxylation sites is 1. The number of carbonyl (C=O) groups is 2. The van der Waals surface area contributed by atoms with E-state index in [9.17, 15) is 9.59 Å². The third-order valence-corrected chi connectivity index (χ3v) is 5.19. The van der Waals surface area contributed by atoms with Crippen LogP contribution in [0.1, 0.15) is 34.1 Å². The first kappa shape index (κ1) is 23.7. The summed E-state index contributed by atoms with van der Waals surface area (Å²) in [6.45, 7) is 2.27. The monoisotopic (exact) mass is 468 g/mol. The number of thiazole rings is 1. The number of nitrogens with two attached hydrogens (primary N) is 1. The lowest BCUT2D eigenvalue weighted by atomic mass is 10.1. The Morgan fingerprint density at radius 2 is 2.03 bits per heavy atom. The molecule has 0 radical (unpaired) electrons. The molecule has 3 N–H and O–H groups in total. The minimum absolute atomic E-state index is 0.121. The summed E-state index contributed by atoms with van der Waals surface area (Å²) in [6, 6.07) is 12.3. The predicted octanol–water partition coefficient (Wildman–Crippen LogP) is 3.38. The maximum atomic E-state index is 11.6. The molecule has 0 saturated carbocycles. The Hall–Kier alpha value is -3.92. The van der Waals surface area contributed by atoms with E-state index >= 15 is 0 Å². The van der Waals surface area contributed by atoms with Gasteiger partial charge in [0.2, 0.25) is 5.13 Å². The number of anilines is 1. The molecular weight excluding hydrogens is 444 g/mol. The van der Waals surface area contributed by atoms with Crippen LogP contribution in [0.4, 0.5) is 5.13 Å². The molecule has 0 aliphatic heterocycles. The zero-order chi connectivity index (χ0) is 23.6. The van der Waals surface area contributed by atoms with Gasteiger partial charge in [-0.25, -0.2) is 4.98 Å². The highest BCUT2D eigenvalue weighted by Crippen LogP contribution is 2.24. The van der Waals surface area contributed by atoms with Gasteiger partial charge in [0, 0.05) is 10.9 Å². The predicted molar refractivity (Wildman–Crippen MR) is 126 cm³/mol. The van der Waals surface area contributed by atoms with Crippen LogP contribution in [0.25, 0.3) is 0 Å². The molecule has 0 aliphatic rings. The molecule has 1 amide bonds. The number of hydrazone groups is 1. The number of amides is 1. The number of benzene rings is 2. The lowest BCUT2D eigenvalue weighted by molar-refractivity contribution is -0.142. The minimum atomic E-state index is -0.558. The van der Waals surface area contributed by atoms with E-state index in [2.05, 4.69) is 15.5 Å². The fraction of sp³-hybridized carbons (Fsp3) is 0.217. The highest BCUT2D eigenvalue weighted by atomic mass is 32.1. The van der Waals surface area contributed by atoms with Gasteiger partial charge in [-0.1, -0.05) is 12.1 Å². The second-order valence-corrected chi connectivity index (χ2v) is 7.57. The van der Waals surface area contributed by atoms with Crippen LogP contribution < -0.4 is 20.6 Å². The van der Waals surface area contributed by atoms with E-state index < -0.39 is 5.91 Å². The maximum Gasteiger partial charge on any atom is 0.311 e. The number of hydrogen-bond donors (Lipinski definition) is 2. The summed E-state index contributed by atoms with van der Waals surface area (Å²) in [6.07, 6.45) is 1.75. The van der Waals surface area contributed by atoms with Gasteiger partial charge in [-0.15, -0.1) is 11.3 Å². The number of carbonyl (C=O) groups excluding carboxylic acids is 2. The molecular formula is C23H24N4O5S. The first-order chi connectivity index (χ1) is 16.0. The number of nitrogens with zero attached hydrogens (tertiary/aromatic N) is 2. The smallest absolute Gasteiger partial charge is 0.311 e. The van der Waals surface area contributed by atoms with E-state index in [1.807, 2.05) is 12.1 Å². The standard InChI is InChI=1S/C23H24N4O5S/c1-3-31-21(28)11-17-14-33-23(26-17)27-25-12-15-8-9-19(30-2)16(10-15)13-32-20-7-5-4-6-18(20)22(24)29/h4-10,12,14H,3,11,13H2,1-2H3,(H2,24,29)(H,26,27). The summed E-state index contributed by atoms with van der Waals surface area (Å²) in [4.78, 5) is 27.5. The number of rotatable bonds is 11. The average molecular weight is 469 g/mol. The fourth-order valence-electron chi connectivity index (χ4n) is 2.90. The van der Waals surface area contributed by atoms with Gasteiger partial charge in [-0.3, -0.25) is 15.0 Å². The Balaban J connectivity index is 1.65. The van der Waals surface area contributed by atoms with Gasteiger partial charge in [0.05, 0.1) is 37.6 Å². The van der Waals surface area contributed by atoms with Gasteiger partial charge in [-0.05, 0) is 42.8 Å². The lowest BCUT2D eigenvalue weighted by Gasteiger charge is -2.12. The second-order valence-electron chi connectivity index (χ2n) is 6.72. The van der Waals surface area contributed by atoms with Crippen molar-refractivity contribution >= 4 is 34.6 Å². The van der Waals surface area contributed by atoms with Gasteiger partial charge >= 0.3 is 5.97 Å². The molecule has 1 heterocycles. The Labute approximate surface area is 195 Å². The maximum absolute atomic E-state index is 11.6. The summed E-state index contributed by atoms with van der Waals surface area (Å²) in [5.41, 5.74) is 10.8. The summed E-state index contributed by atoms with van der Waals surface area (Å²) in [7, 11) is 1.57. The number of nitrogens with one attached hydrogen (secondary N) is 1. The third-order valence-electron chi connectivity index (χ3n) is 4.40. The molecule has 0 fully saturated rings. The van der Waals surface area contributed by atoms with Crippen molar-refractivity contribution in [3.8, 4) is 11.5 Å². The van der Waals surface area contributed by atoms with E-state index in [4.69, 9.17) is 19.9 Å². The van der Waals surface area contributed by atoms with Crippen molar-refractivity contribution in [3.05, 3.63) is 70.2 Å². The normalized spacial score (nSPS) is 10.7. The van der Waals surface area contributed by atoms with Crippen LogP contribution in [0.3, 0.4) is 0 Å². The molecule has 3 aromatic rings. The van der Waals surface area contributed by atoms with Crippen molar-refractivity contribution in [1.29, 1.82) is 0 Å². The molecule has 0 unspecified atom stereocenters. The van der Waals surface area contributed by atoms with Crippen molar-refractivity contribution < 1.29 is 23.8 Å². The lowest BCUT2D eigenvalue weighted by Crippen LogP contribution is -2.13.